The van der Waals surface area contributed by atoms with Crippen LogP contribution in [0.2, 0.25) is 0 Å². The van der Waals surface area contributed by atoms with Gasteiger partial charge in [-0.25, -0.2) is 9.59 Å². The Bertz CT molecular complexity index is 561. The second kappa shape index (κ2) is 6.83. The number of benzene rings is 1. The Kier molecular flexibility index (Phi) is 5.41. The van der Waals surface area contributed by atoms with Crippen molar-refractivity contribution < 1.29 is 23.9 Å². The summed E-state index contributed by atoms with van der Waals surface area (Å²) in [5.74, 6) is -2.07. The summed E-state index contributed by atoms with van der Waals surface area (Å²) in [5, 5.41) is 0. The van der Waals surface area contributed by atoms with Gasteiger partial charge in [-0.15, -0.1) is 0 Å². The average Bonchev–Trinajstić information content (AvgIpc) is 2.42. The Morgan fingerprint density at radius 2 is 1.62 bits per heavy atom. The molecule has 0 radical (unpaired) electrons. The van der Waals surface area contributed by atoms with Crippen molar-refractivity contribution in [3.8, 4) is 0 Å². The van der Waals surface area contributed by atoms with Crippen molar-refractivity contribution in [3.63, 3.8) is 0 Å². The van der Waals surface area contributed by atoms with Crippen LogP contribution in [0.15, 0.2) is 30.3 Å². The maximum Gasteiger partial charge on any atom is 0.379 e. The summed E-state index contributed by atoms with van der Waals surface area (Å²) < 4.78 is 9.53. The summed E-state index contributed by atoms with van der Waals surface area (Å²) in [4.78, 5) is 34.3. The van der Waals surface area contributed by atoms with Crippen molar-refractivity contribution in [1.82, 2.24) is 0 Å². The highest BCUT2D eigenvalue weighted by atomic mass is 16.6. The van der Waals surface area contributed by atoms with E-state index in [0.29, 0.717) is 11.1 Å². The lowest BCUT2D eigenvalue weighted by molar-refractivity contribution is -0.160. The third kappa shape index (κ3) is 5.60. The largest absolute Gasteiger partial charge is 0.465 e. The topological polar surface area (TPSA) is 69.7 Å². The van der Waals surface area contributed by atoms with Crippen LogP contribution in [0.4, 0.5) is 0 Å². The van der Waals surface area contributed by atoms with Crippen molar-refractivity contribution in [2.75, 3.05) is 7.11 Å². The molecule has 1 aromatic carbocycles. The van der Waals surface area contributed by atoms with E-state index in [-0.39, 0.29) is 0 Å². The molecule has 5 heteroatoms. The molecule has 0 amide bonds. The van der Waals surface area contributed by atoms with Crippen molar-refractivity contribution in [3.05, 3.63) is 41.5 Å². The summed E-state index contributed by atoms with van der Waals surface area (Å²) in [6.45, 7) is 5.06. The first-order valence-electron chi connectivity index (χ1n) is 6.37. The number of ketones is 1. The average molecular weight is 290 g/mol. The second-order valence-electron chi connectivity index (χ2n) is 5.31. The number of carbonyl (C=O) groups is 3. The molecule has 21 heavy (non-hydrogen) atoms. The van der Waals surface area contributed by atoms with E-state index in [0.717, 1.165) is 6.08 Å². The molecule has 0 aliphatic heterocycles. The molecule has 0 aliphatic rings. The third-order valence-corrected chi connectivity index (χ3v) is 2.36. The molecule has 0 saturated carbocycles. The zero-order valence-corrected chi connectivity index (χ0v) is 12.5. The van der Waals surface area contributed by atoms with Gasteiger partial charge in [0.05, 0.1) is 12.7 Å². The molecule has 0 spiro atoms. The Hall–Kier alpha value is -2.43. The van der Waals surface area contributed by atoms with E-state index in [1.165, 1.54) is 13.2 Å². The number of methoxy groups -OCH3 is 1. The van der Waals surface area contributed by atoms with Crippen LogP contribution >= 0.6 is 0 Å². The minimum Gasteiger partial charge on any atom is -0.465 e. The van der Waals surface area contributed by atoms with Crippen molar-refractivity contribution in [2.45, 2.75) is 26.4 Å². The summed E-state index contributed by atoms with van der Waals surface area (Å²) in [6, 6.07) is 6.43. The fraction of sp³-hybridized carbons (Fsp3) is 0.312. The predicted molar refractivity (Wildman–Crippen MR) is 77.7 cm³/mol. The van der Waals surface area contributed by atoms with Gasteiger partial charge in [-0.1, -0.05) is 18.2 Å². The molecule has 0 atom stereocenters. The van der Waals surface area contributed by atoms with Gasteiger partial charge in [-0.05, 0) is 44.5 Å². The van der Waals surface area contributed by atoms with E-state index < -0.39 is 23.3 Å². The van der Waals surface area contributed by atoms with Crippen LogP contribution in [-0.4, -0.2) is 30.4 Å². The zero-order chi connectivity index (χ0) is 16.0. The highest BCUT2D eigenvalue weighted by Crippen LogP contribution is 2.09. The molecule has 0 unspecified atom stereocenters. The van der Waals surface area contributed by atoms with Gasteiger partial charge < -0.3 is 9.47 Å². The van der Waals surface area contributed by atoms with Crippen LogP contribution in [0.25, 0.3) is 6.08 Å². The number of hydrogen-bond acceptors (Lipinski definition) is 5. The van der Waals surface area contributed by atoms with Crippen LogP contribution in [0.5, 0.6) is 0 Å². The second-order valence-corrected chi connectivity index (χ2v) is 5.31. The van der Waals surface area contributed by atoms with Gasteiger partial charge in [0.1, 0.15) is 5.60 Å². The fourth-order valence-corrected chi connectivity index (χ4v) is 1.42. The Morgan fingerprint density at radius 3 is 2.10 bits per heavy atom. The van der Waals surface area contributed by atoms with Crippen LogP contribution < -0.4 is 0 Å². The number of rotatable bonds is 4. The molecule has 5 nitrogen and oxygen atoms in total. The SMILES string of the molecule is COC(=O)c1ccc(/C=C/C(=O)C(=O)OC(C)(C)C)cc1. The Labute approximate surface area is 123 Å². The molecule has 1 rings (SSSR count). The van der Waals surface area contributed by atoms with Gasteiger partial charge in [0.25, 0.3) is 5.78 Å². The molecule has 0 heterocycles. The van der Waals surface area contributed by atoms with Crippen molar-refractivity contribution in [1.29, 1.82) is 0 Å². The highest BCUT2D eigenvalue weighted by Gasteiger charge is 2.20. The summed E-state index contributed by atoms with van der Waals surface area (Å²) in [7, 11) is 1.30. The lowest BCUT2D eigenvalue weighted by Gasteiger charge is -2.18. The fourth-order valence-electron chi connectivity index (χ4n) is 1.42. The Balaban J connectivity index is 2.70. The van der Waals surface area contributed by atoms with Crippen LogP contribution in [0.3, 0.4) is 0 Å². The number of ether oxygens (including phenoxy) is 2. The van der Waals surface area contributed by atoms with E-state index >= 15 is 0 Å². The first-order chi connectivity index (χ1) is 9.73. The van der Waals surface area contributed by atoms with E-state index in [4.69, 9.17) is 4.74 Å². The van der Waals surface area contributed by atoms with E-state index in [9.17, 15) is 14.4 Å². The predicted octanol–water partition coefficient (Wildman–Crippen LogP) is 2.40. The standard InChI is InChI=1S/C16H18O5/c1-16(2,3)21-15(19)13(17)10-7-11-5-8-12(9-6-11)14(18)20-4/h5-10H,1-4H3/b10-7+. The van der Waals surface area contributed by atoms with Crippen LogP contribution in [0.1, 0.15) is 36.7 Å². The van der Waals surface area contributed by atoms with Gasteiger partial charge in [-0.2, -0.15) is 0 Å². The maximum atomic E-state index is 11.6. The number of carbonyl (C=O) groups excluding carboxylic acids is 3. The zero-order valence-electron chi connectivity index (χ0n) is 12.5. The number of esters is 2. The molecule has 0 saturated heterocycles. The first kappa shape index (κ1) is 16.6. The molecule has 0 fully saturated rings. The molecule has 0 aliphatic carbocycles. The first-order valence-corrected chi connectivity index (χ1v) is 6.37. The molecular formula is C16H18O5. The van der Waals surface area contributed by atoms with Crippen LogP contribution in [-0.2, 0) is 19.1 Å². The summed E-state index contributed by atoms with van der Waals surface area (Å²) in [6.07, 6.45) is 2.62. The minimum absolute atomic E-state index is 0.410. The van der Waals surface area contributed by atoms with Crippen molar-refractivity contribution in [2.24, 2.45) is 0 Å². The Morgan fingerprint density at radius 1 is 1.05 bits per heavy atom. The molecule has 1 aromatic rings. The van der Waals surface area contributed by atoms with E-state index in [2.05, 4.69) is 4.74 Å². The monoisotopic (exact) mass is 290 g/mol. The molecule has 0 N–H and O–H groups in total. The van der Waals surface area contributed by atoms with Gasteiger partial charge >= 0.3 is 11.9 Å². The lowest BCUT2D eigenvalue weighted by Crippen LogP contribution is -2.27. The van der Waals surface area contributed by atoms with Gasteiger partial charge in [0, 0.05) is 0 Å². The summed E-state index contributed by atoms with van der Waals surface area (Å²) in [5.41, 5.74) is 0.385. The van der Waals surface area contributed by atoms with Crippen molar-refractivity contribution >= 4 is 23.8 Å². The molecule has 0 bridgehead atoms. The highest BCUT2D eigenvalue weighted by molar-refractivity contribution is 6.39. The molecule has 112 valence electrons. The summed E-state index contributed by atoms with van der Waals surface area (Å²) >= 11 is 0. The van der Waals surface area contributed by atoms with E-state index in [1.54, 1.807) is 45.0 Å². The lowest BCUT2D eigenvalue weighted by atomic mass is 10.1. The van der Waals surface area contributed by atoms with Gasteiger partial charge in [0.2, 0.25) is 0 Å². The minimum atomic E-state index is -0.898. The third-order valence-electron chi connectivity index (χ3n) is 2.36. The van der Waals surface area contributed by atoms with Gasteiger partial charge in [0.15, 0.2) is 0 Å². The smallest absolute Gasteiger partial charge is 0.379 e. The van der Waals surface area contributed by atoms with E-state index in [1.807, 2.05) is 0 Å². The molecule has 0 aromatic heterocycles. The normalized spacial score (nSPS) is 11.2. The maximum absolute atomic E-state index is 11.6. The number of hydrogen-bond donors (Lipinski definition) is 0. The van der Waals surface area contributed by atoms with Crippen LogP contribution in [0, 0.1) is 0 Å². The molecular weight excluding hydrogens is 272 g/mol. The quantitative estimate of drug-likeness (QED) is 0.484. The van der Waals surface area contributed by atoms with Gasteiger partial charge in [-0.3, -0.25) is 4.79 Å².